The zero-order chi connectivity index (χ0) is 19.1. The molecule has 10 heteroatoms. The second kappa shape index (κ2) is 8.52. The summed E-state index contributed by atoms with van der Waals surface area (Å²) in [5.41, 5.74) is 1.07. The predicted molar refractivity (Wildman–Crippen MR) is 86.1 cm³/mol. The van der Waals surface area contributed by atoms with Gasteiger partial charge in [0, 0.05) is 11.4 Å². The van der Waals surface area contributed by atoms with Crippen LogP contribution in [-0.2, 0) is 19.2 Å². The van der Waals surface area contributed by atoms with Crippen LogP contribution in [0.4, 0.5) is 11.4 Å². The van der Waals surface area contributed by atoms with Crippen LogP contribution in [0.1, 0.15) is 5.56 Å². The summed E-state index contributed by atoms with van der Waals surface area (Å²) in [6, 6.07) is 4.44. The maximum absolute atomic E-state index is 11.0. The molecule has 0 radical (unpaired) electrons. The number of aryl methyl sites for hydroxylation is 1. The standard InChI is InChI=1S/C15H18N2O8/c1-9-2-10(16(5-12(18)19)6-13(20)21)4-11(3-9)17(7-14(22)23)8-15(24)25/h2-4H,5-8H2,1H3,(H,18,19)(H,20,21)(H,22,23)(H,24,25). The number of nitrogens with zero attached hydrogens (tertiary/aromatic N) is 2. The van der Waals surface area contributed by atoms with Crippen LogP contribution in [0.3, 0.4) is 0 Å². The third kappa shape index (κ3) is 6.77. The van der Waals surface area contributed by atoms with Gasteiger partial charge in [-0.3, -0.25) is 19.2 Å². The van der Waals surface area contributed by atoms with Crippen LogP contribution >= 0.6 is 0 Å². The van der Waals surface area contributed by atoms with Crippen LogP contribution in [-0.4, -0.2) is 70.5 Å². The molecule has 1 rings (SSSR count). The van der Waals surface area contributed by atoms with E-state index in [0.717, 1.165) is 9.80 Å². The van der Waals surface area contributed by atoms with Gasteiger partial charge in [-0.2, -0.15) is 0 Å². The highest BCUT2D eigenvalue weighted by atomic mass is 16.4. The van der Waals surface area contributed by atoms with Crippen molar-refractivity contribution in [1.29, 1.82) is 0 Å². The van der Waals surface area contributed by atoms with Gasteiger partial charge in [0.05, 0.1) is 0 Å². The third-order valence-electron chi connectivity index (χ3n) is 3.08. The lowest BCUT2D eigenvalue weighted by atomic mass is 10.1. The first kappa shape index (κ1) is 19.7. The second-order valence-corrected chi connectivity index (χ2v) is 5.31. The minimum atomic E-state index is -1.24. The number of hydrogen-bond donors (Lipinski definition) is 4. The van der Waals surface area contributed by atoms with E-state index in [1.807, 2.05) is 0 Å². The summed E-state index contributed by atoms with van der Waals surface area (Å²) in [7, 11) is 0. The summed E-state index contributed by atoms with van der Waals surface area (Å²) < 4.78 is 0. The molecule has 0 fully saturated rings. The van der Waals surface area contributed by atoms with Crippen LogP contribution < -0.4 is 9.80 Å². The number of benzene rings is 1. The molecular formula is C15H18N2O8. The molecule has 0 unspecified atom stereocenters. The van der Waals surface area contributed by atoms with Crippen molar-refractivity contribution in [3.05, 3.63) is 23.8 Å². The molecule has 0 amide bonds. The van der Waals surface area contributed by atoms with E-state index in [-0.39, 0.29) is 11.4 Å². The summed E-state index contributed by atoms with van der Waals surface area (Å²) in [4.78, 5) is 46.0. The molecule has 0 bridgehead atoms. The Hall–Kier alpha value is -3.30. The van der Waals surface area contributed by atoms with Gasteiger partial charge in [0.1, 0.15) is 26.2 Å². The summed E-state index contributed by atoms with van der Waals surface area (Å²) in [6.45, 7) is -0.660. The number of carboxylic acids is 4. The Morgan fingerprint density at radius 3 is 1.20 bits per heavy atom. The molecule has 0 saturated heterocycles. The highest BCUT2D eigenvalue weighted by Gasteiger charge is 2.19. The van der Waals surface area contributed by atoms with E-state index >= 15 is 0 Å². The topological polar surface area (TPSA) is 156 Å². The van der Waals surface area contributed by atoms with Gasteiger partial charge in [-0.1, -0.05) is 0 Å². The van der Waals surface area contributed by atoms with Gasteiger partial charge in [-0.25, -0.2) is 0 Å². The lowest BCUT2D eigenvalue weighted by molar-refractivity contribution is -0.138. The quantitative estimate of drug-likeness (QED) is 0.449. The molecule has 0 spiro atoms. The third-order valence-corrected chi connectivity index (χ3v) is 3.08. The summed E-state index contributed by atoms with van der Waals surface area (Å²) in [6.07, 6.45) is 0. The maximum Gasteiger partial charge on any atom is 0.323 e. The van der Waals surface area contributed by atoms with E-state index in [1.165, 1.54) is 18.2 Å². The minimum absolute atomic E-state index is 0.237. The van der Waals surface area contributed by atoms with Crippen LogP contribution in [0.15, 0.2) is 18.2 Å². The molecule has 25 heavy (non-hydrogen) atoms. The van der Waals surface area contributed by atoms with Crippen LogP contribution in [0, 0.1) is 6.92 Å². The van der Waals surface area contributed by atoms with Crippen molar-refractivity contribution in [1.82, 2.24) is 0 Å². The van der Waals surface area contributed by atoms with E-state index in [0.29, 0.717) is 5.56 Å². The molecular weight excluding hydrogens is 336 g/mol. The predicted octanol–water partition coefficient (Wildman–Crippen LogP) is -0.0538. The Morgan fingerprint density at radius 1 is 0.680 bits per heavy atom. The Kier molecular flexibility index (Phi) is 6.73. The van der Waals surface area contributed by atoms with Crippen molar-refractivity contribution >= 4 is 35.3 Å². The molecule has 0 aliphatic heterocycles. The molecule has 4 N–H and O–H groups in total. The van der Waals surface area contributed by atoms with E-state index in [4.69, 9.17) is 20.4 Å². The zero-order valence-corrected chi connectivity index (χ0v) is 13.4. The molecule has 136 valence electrons. The first-order valence-electron chi connectivity index (χ1n) is 7.07. The molecule has 0 aromatic heterocycles. The molecule has 1 aromatic rings. The smallest absolute Gasteiger partial charge is 0.323 e. The number of carbonyl (C=O) groups is 4. The molecule has 0 aliphatic carbocycles. The molecule has 0 heterocycles. The van der Waals surface area contributed by atoms with Gasteiger partial charge >= 0.3 is 23.9 Å². The Balaban J connectivity index is 3.28. The molecule has 0 saturated carbocycles. The van der Waals surface area contributed by atoms with Crippen molar-refractivity contribution in [2.75, 3.05) is 36.0 Å². The maximum atomic E-state index is 11.0. The molecule has 1 aromatic carbocycles. The monoisotopic (exact) mass is 354 g/mol. The number of anilines is 2. The number of hydrogen-bond acceptors (Lipinski definition) is 6. The lowest BCUT2D eigenvalue weighted by Crippen LogP contribution is -2.36. The van der Waals surface area contributed by atoms with E-state index in [1.54, 1.807) is 6.92 Å². The zero-order valence-electron chi connectivity index (χ0n) is 13.4. The second-order valence-electron chi connectivity index (χ2n) is 5.31. The van der Waals surface area contributed by atoms with Crippen molar-refractivity contribution < 1.29 is 39.6 Å². The summed E-state index contributed by atoms with van der Waals surface area (Å²) in [5.74, 6) is -4.95. The van der Waals surface area contributed by atoms with Crippen LogP contribution in [0.25, 0.3) is 0 Å². The highest BCUT2D eigenvalue weighted by Crippen LogP contribution is 2.25. The number of carboxylic acid groups (broad SMARTS) is 4. The average molecular weight is 354 g/mol. The summed E-state index contributed by atoms with van der Waals surface area (Å²) >= 11 is 0. The number of rotatable bonds is 10. The number of aliphatic carboxylic acids is 4. The van der Waals surface area contributed by atoms with Crippen molar-refractivity contribution in [3.8, 4) is 0 Å². The van der Waals surface area contributed by atoms with Gasteiger partial charge < -0.3 is 30.2 Å². The lowest BCUT2D eigenvalue weighted by Gasteiger charge is -2.26. The fourth-order valence-electron chi connectivity index (χ4n) is 2.24. The van der Waals surface area contributed by atoms with Gasteiger partial charge in [0.15, 0.2) is 0 Å². The fraction of sp³-hybridized carbons (Fsp3) is 0.333. The summed E-state index contributed by atoms with van der Waals surface area (Å²) in [5, 5.41) is 35.8. The van der Waals surface area contributed by atoms with Crippen LogP contribution in [0.5, 0.6) is 0 Å². The first-order chi connectivity index (χ1) is 11.6. The van der Waals surface area contributed by atoms with Crippen molar-refractivity contribution in [2.24, 2.45) is 0 Å². The SMILES string of the molecule is Cc1cc(N(CC(=O)O)CC(=O)O)cc(N(CC(=O)O)CC(=O)O)c1. The van der Waals surface area contributed by atoms with Crippen LogP contribution in [0.2, 0.25) is 0 Å². The highest BCUT2D eigenvalue weighted by molar-refractivity contribution is 5.82. The Labute approximate surface area is 142 Å². The Bertz CT molecular complexity index is 602. The normalized spacial score (nSPS) is 10.1. The fourth-order valence-corrected chi connectivity index (χ4v) is 2.24. The largest absolute Gasteiger partial charge is 0.480 e. The van der Waals surface area contributed by atoms with E-state index < -0.39 is 50.1 Å². The molecule has 0 atom stereocenters. The van der Waals surface area contributed by atoms with Crippen molar-refractivity contribution in [3.63, 3.8) is 0 Å². The van der Waals surface area contributed by atoms with Gasteiger partial charge in [0.25, 0.3) is 0 Å². The molecule has 0 aliphatic rings. The van der Waals surface area contributed by atoms with Gasteiger partial charge in [0.2, 0.25) is 0 Å². The van der Waals surface area contributed by atoms with E-state index in [2.05, 4.69) is 0 Å². The van der Waals surface area contributed by atoms with Crippen molar-refractivity contribution in [2.45, 2.75) is 6.92 Å². The Morgan fingerprint density at radius 2 is 0.960 bits per heavy atom. The van der Waals surface area contributed by atoms with E-state index in [9.17, 15) is 19.2 Å². The minimum Gasteiger partial charge on any atom is -0.480 e. The van der Waals surface area contributed by atoms with Gasteiger partial charge in [-0.05, 0) is 30.7 Å². The first-order valence-corrected chi connectivity index (χ1v) is 7.07. The molecule has 10 nitrogen and oxygen atoms in total. The van der Waals surface area contributed by atoms with Gasteiger partial charge in [-0.15, -0.1) is 0 Å². The average Bonchev–Trinajstić information content (AvgIpc) is 2.43.